The van der Waals surface area contributed by atoms with Crippen molar-refractivity contribution in [3.8, 4) is 11.3 Å². The Balaban J connectivity index is 1.91. The van der Waals surface area contributed by atoms with Gasteiger partial charge in [0.15, 0.2) is 12.1 Å². The van der Waals surface area contributed by atoms with Crippen molar-refractivity contribution >= 4 is 11.7 Å². The minimum Gasteiger partial charge on any atom is -0.423 e. The molecule has 0 bridgehead atoms. The predicted molar refractivity (Wildman–Crippen MR) is 97.6 cm³/mol. The first-order valence-corrected chi connectivity index (χ1v) is 8.42. The lowest BCUT2D eigenvalue weighted by atomic mass is 10.1. The van der Waals surface area contributed by atoms with E-state index in [1.54, 1.807) is 30.5 Å². The van der Waals surface area contributed by atoms with Gasteiger partial charge in [-0.1, -0.05) is 25.1 Å². The second kappa shape index (κ2) is 8.12. The molecule has 3 rings (SSSR count). The van der Waals surface area contributed by atoms with Gasteiger partial charge in [0, 0.05) is 30.5 Å². The third kappa shape index (κ3) is 3.92. The fraction of sp³-hybridized carbons (Fsp3) is 0.250. The van der Waals surface area contributed by atoms with Crippen LogP contribution < -0.4 is 4.90 Å². The standard InChI is InChI=1S/C20H21FN2O3/c1-3-11-23(17-9-7-16(21)8-10-17)20-22-13-18(26-20)14-5-4-6-15(12-14)19(24)25-2/h4-10,12-13,19,24H,3,11H2,1-2H3. The number of aromatic nitrogens is 1. The zero-order chi connectivity index (χ0) is 18.5. The van der Waals surface area contributed by atoms with Gasteiger partial charge in [0.25, 0.3) is 0 Å². The van der Waals surface area contributed by atoms with Crippen molar-refractivity contribution in [3.05, 3.63) is 66.1 Å². The highest BCUT2D eigenvalue weighted by Gasteiger charge is 2.16. The molecule has 0 radical (unpaired) electrons. The first-order chi connectivity index (χ1) is 12.6. The number of aliphatic hydroxyl groups excluding tert-OH is 1. The maximum Gasteiger partial charge on any atom is 0.302 e. The quantitative estimate of drug-likeness (QED) is 0.624. The molecule has 1 unspecified atom stereocenters. The van der Waals surface area contributed by atoms with Crippen LogP contribution >= 0.6 is 0 Å². The Bertz CT molecular complexity index is 848. The summed E-state index contributed by atoms with van der Waals surface area (Å²) in [6.07, 6.45) is 1.53. The molecule has 5 nitrogen and oxygen atoms in total. The molecular weight excluding hydrogens is 335 g/mol. The molecule has 0 saturated heterocycles. The Morgan fingerprint density at radius 3 is 2.69 bits per heavy atom. The Kier molecular flexibility index (Phi) is 5.65. The van der Waals surface area contributed by atoms with Gasteiger partial charge in [-0.2, -0.15) is 0 Å². The molecule has 0 spiro atoms. The minimum absolute atomic E-state index is 0.285. The molecule has 1 heterocycles. The average Bonchev–Trinajstić information content (AvgIpc) is 3.16. The normalized spacial score (nSPS) is 12.2. The van der Waals surface area contributed by atoms with Crippen LogP contribution in [0.25, 0.3) is 11.3 Å². The topological polar surface area (TPSA) is 58.7 Å². The van der Waals surface area contributed by atoms with E-state index >= 15 is 0 Å². The third-order valence-corrected chi connectivity index (χ3v) is 3.99. The number of oxazole rings is 1. The highest BCUT2D eigenvalue weighted by Crippen LogP contribution is 2.30. The fourth-order valence-corrected chi connectivity index (χ4v) is 2.68. The lowest BCUT2D eigenvalue weighted by Gasteiger charge is -2.19. The summed E-state index contributed by atoms with van der Waals surface area (Å²) >= 11 is 0. The lowest BCUT2D eigenvalue weighted by molar-refractivity contribution is -0.0769. The second-order valence-corrected chi connectivity index (χ2v) is 5.85. The molecule has 2 aromatic carbocycles. The van der Waals surface area contributed by atoms with Crippen LogP contribution in [0.1, 0.15) is 25.2 Å². The van der Waals surface area contributed by atoms with Crippen LogP contribution in [0.3, 0.4) is 0 Å². The third-order valence-electron chi connectivity index (χ3n) is 3.99. The van der Waals surface area contributed by atoms with Crippen LogP contribution in [0.15, 0.2) is 59.1 Å². The van der Waals surface area contributed by atoms with Gasteiger partial charge in [0.05, 0.1) is 6.20 Å². The Morgan fingerprint density at radius 1 is 1.23 bits per heavy atom. The average molecular weight is 356 g/mol. The number of benzene rings is 2. The zero-order valence-corrected chi connectivity index (χ0v) is 14.7. The molecular formula is C20H21FN2O3. The molecule has 1 atom stereocenters. The molecule has 3 aromatic rings. The van der Waals surface area contributed by atoms with Gasteiger partial charge in [-0.3, -0.25) is 4.90 Å². The molecule has 136 valence electrons. The monoisotopic (exact) mass is 356 g/mol. The summed E-state index contributed by atoms with van der Waals surface area (Å²) in [5, 5.41) is 9.83. The number of rotatable bonds is 7. The molecule has 1 aromatic heterocycles. The van der Waals surface area contributed by atoms with E-state index in [-0.39, 0.29) is 5.82 Å². The smallest absolute Gasteiger partial charge is 0.302 e. The first-order valence-electron chi connectivity index (χ1n) is 8.42. The summed E-state index contributed by atoms with van der Waals surface area (Å²) in [6, 6.07) is 13.9. The zero-order valence-electron chi connectivity index (χ0n) is 14.7. The molecule has 0 aliphatic rings. The number of hydrogen-bond acceptors (Lipinski definition) is 5. The molecule has 0 aliphatic carbocycles. The minimum atomic E-state index is -0.992. The Morgan fingerprint density at radius 2 is 2.00 bits per heavy atom. The largest absolute Gasteiger partial charge is 0.423 e. The van der Waals surface area contributed by atoms with Crippen LogP contribution in [0.4, 0.5) is 16.1 Å². The van der Waals surface area contributed by atoms with E-state index in [4.69, 9.17) is 9.15 Å². The summed E-state index contributed by atoms with van der Waals surface area (Å²) in [4.78, 5) is 6.28. The number of nitrogens with zero attached hydrogens (tertiary/aromatic N) is 2. The maximum absolute atomic E-state index is 13.2. The van der Waals surface area contributed by atoms with Gasteiger partial charge < -0.3 is 14.3 Å². The van der Waals surface area contributed by atoms with E-state index in [2.05, 4.69) is 11.9 Å². The highest BCUT2D eigenvalue weighted by atomic mass is 19.1. The van der Waals surface area contributed by atoms with Crippen LogP contribution in [-0.2, 0) is 4.74 Å². The lowest BCUT2D eigenvalue weighted by Crippen LogP contribution is -2.18. The summed E-state index contributed by atoms with van der Waals surface area (Å²) in [7, 11) is 1.44. The molecule has 26 heavy (non-hydrogen) atoms. The summed E-state index contributed by atoms with van der Waals surface area (Å²) in [6.45, 7) is 2.74. The van der Waals surface area contributed by atoms with Crippen LogP contribution in [0, 0.1) is 5.82 Å². The number of aliphatic hydroxyl groups is 1. The van der Waals surface area contributed by atoms with E-state index in [9.17, 15) is 9.50 Å². The van der Waals surface area contributed by atoms with Crippen molar-refractivity contribution in [1.82, 2.24) is 4.98 Å². The van der Waals surface area contributed by atoms with Gasteiger partial charge in [0.2, 0.25) is 0 Å². The van der Waals surface area contributed by atoms with Crippen molar-refractivity contribution in [2.75, 3.05) is 18.6 Å². The van der Waals surface area contributed by atoms with Crippen molar-refractivity contribution in [2.24, 2.45) is 0 Å². The molecule has 0 amide bonds. The van der Waals surface area contributed by atoms with E-state index in [0.29, 0.717) is 23.9 Å². The van der Waals surface area contributed by atoms with Gasteiger partial charge in [-0.25, -0.2) is 9.37 Å². The summed E-state index contributed by atoms with van der Waals surface area (Å²) < 4.78 is 24.1. The van der Waals surface area contributed by atoms with Gasteiger partial charge in [-0.15, -0.1) is 0 Å². The molecule has 0 aliphatic heterocycles. The SMILES string of the molecule is CCCN(c1ccc(F)cc1)c1ncc(-c2cccc(C(O)OC)c2)o1. The fourth-order valence-electron chi connectivity index (χ4n) is 2.68. The Hall–Kier alpha value is -2.70. The molecule has 6 heteroatoms. The van der Waals surface area contributed by atoms with E-state index in [1.807, 2.05) is 17.0 Å². The predicted octanol–water partition coefficient (Wildman–Crippen LogP) is 4.67. The van der Waals surface area contributed by atoms with Crippen molar-refractivity contribution < 1.29 is 18.7 Å². The molecule has 1 N–H and O–H groups in total. The molecule has 0 fully saturated rings. The van der Waals surface area contributed by atoms with Crippen LogP contribution in [0.2, 0.25) is 0 Å². The first kappa shape index (κ1) is 18.1. The van der Waals surface area contributed by atoms with Gasteiger partial charge >= 0.3 is 6.01 Å². The van der Waals surface area contributed by atoms with E-state index in [0.717, 1.165) is 17.7 Å². The summed E-state index contributed by atoms with van der Waals surface area (Å²) in [5.74, 6) is 0.292. The van der Waals surface area contributed by atoms with Crippen LogP contribution in [0.5, 0.6) is 0 Å². The number of hydrogen-bond donors (Lipinski definition) is 1. The van der Waals surface area contributed by atoms with Crippen molar-refractivity contribution in [1.29, 1.82) is 0 Å². The number of halogens is 1. The van der Waals surface area contributed by atoms with Crippen molar-refractivity contribution in [2.45, 2.75) is 19.6 Å². The van der Waals surface area contributed by atoms with E-state index in [1.165, 1.54) is 19.2 Å². The maximum atomic E-state index is 13.2. The van der Waals surface area contributed by atoms with Gasteiger partial charge in [0.1, 0.15) is 5.82 Å². The van der Waals surface area contributed by atoms with E-state index < -0.39 is 6.29 Å². The number of ether oxygens (including phenoxy) is 1. The van der Waals surface area contributed by atoms with Gasteiger partial charge in [-0.05, 0) is 36.8 Å². The molecule has 0 saturated carbocycles. The van der Waals surface area contributed by atoms with Crippen LogP contribution in [-0.4, -0.2) is 23.7 Å². The number of methoxy groups -OCH3 is 1. The summed E-state index contributed by atoms with van der Waals surface area (Å²) in [5.41, 5.74) is 2.23. The second-order valence-electron chi connectivity index (χ2n) is 5.85. The highest BCUT2D eigenvalue weighted by molar-refractivity contribution is 5.62. The Labute approximate surface area is 151 Å². The number of anilines is 2. The van der Waals surface area contributed by atoms with Crippen molar-refractivity contribution in [3.63, 3.8) is 0 Å².